The largest absolute Gasteiger partial charge is 0.480 e. The van der Waals surface area contributed by atoms with Crippen molar-refractivity contribution in [2.24, 2.45) is 0 Å². The fourth-order valence-electron chi connectivity index (χ4n) is 4.11. The first kappa shape index (κ1) is 18.0. The molecule has 0 bridgehead atoms. The summed E-state index contributed by atoms with van der Waals surface area (Å²) in [5.74, 6) is 1.42. The number of aromatic nitrogens is 3. The molecule has 0 fully saturated rings. The summed E-state index contributed by atoms with van der Waals surface area (Å²) >= 11 is 14.6. The Morgan fingerprint density at radius 2 is 1.97 bits per heavy atom. The molecule has 148 valence electrons. The van der Waals surface area contributed by atoms with Gasteiger partial charge in [-0.1, -0.05) is 47.5 Å². The summed E-state index contributed by atoms with van der Waals surface area (Å²) in [6, 6.07) is 17.4. The molecular weight excluding hydrogens is 439 g/mol. The number of thiophene rings is 1. The van der Waals surface area contributed by atoms with Crippen LogP contribution in [0.3, 0.4) is 0 Å². The van der Waals surface area contributed by atoms with E-state index in [1.165, 1.54) is 0 Å². The standard InChI is InChI=1S/C22H14Cl2N4OS/c23-12-7-8-16-14(10-12)19-18(21(29-16)13-4-1-2-5-15(13)24)20(17-6-3-9-30-17)28-22(27-19)25-11-26-28/h1-11,20-21H,(H,25,26,27)/t20-,21+/m1/s1. The average molecular weight is 453 g/mol. The number of anilines is 1. The number of rotatable bonds is 2. The van der Waals surface area contributed by atoms with Crippen molar-refractivity contribution >= 4 is 46.2 Å². The lowest BCUT2D eigenvalue weighted by atomic mass is 9.87. The van der Waals surface area contributed by atoms with Crippen LogP contribution in [0.25, 0.3) is 5.70 Å². The molecule has 8 heteroatoms. The number of halogens is 2. The van der Waals surface area contributed by atoms with Crippen LogP contribution in [0.4, 0.5) is 5.95 Å². The number of hydrogen-bond donors (Lipinski definition) is 1. The van der Waals surface area contributed by atoms with Gasteiger partial charge < -0.3 is 10.1 Å². The molecule has 0 aliphatic carbocycles. The Labute approximate surface area is 186 Å². The highest BCUT2D eigenvalue weighted by atomic mass is 35.5. The molecule has 0 saturated carbocycles. The van der Waals surface area contributed by atoms with Gasteiger partial charge in [0.2, 0.25) is 5.95 Å². The number of hydrogen-bond acceptors (Lipinski definition) is 5. The Bertz CT molecular complexity index is 1300. The third kappa shape index (κ3) is 2.68. The topological polar surface area (TPSA) is 52.0 Å². The minimum absolute atomic E-state index is 0.174. The SMILES string of the molecule is Clc1ccc2c(c1)C1=C([C@H](c3ccccc3Cl)O2)[C@@H](c2cccs2)n2ncnc2N1. The third-order valence-corrected chi connectivity index (χ3v) is 6.88. The van der Waals surface area contributed by atoms with E-state index in [0.29, 0.717) is 16.0 Å². The van der Waals surface area contributed by atoms with Crippen molar-refractivity contribution in [3.8, 4) is 5.75 Å². The van der Waals surface area contributed by atoms with Crippen LogP contribution in [0.2, 0.25) is 10.0 Å². The molecule has 0 amide bonds. The maximum absolute atomic E-state index is 6.62. The summed E-state index contributed by atoms with van der Waals surface area (Å²) in [7, 11) is 0. The van der Waals surface area contributed by atoms with Gasteiger partial charge in [0.05, 0.1) is 5.70 Å². The lowest BCUT2D eigenvalue weighted by Crippen LogP contribution is -2.32. The van der Waals surface area contributed by atoms with Crippen LogP contribution < -0.4 is 10.1 Å². The zero-order chi connectivity index (χ0) is 20.2. The molecule has 1 N–H and O–H groups in total. The quantitative estimate of drug-likeness (QED) is 0.392. The highest BCUT2D eigenvalue weighted by Gasteiger charge is 2.41. The minimum Gasteiger partial charge on any atom is -0.480 e. The summed E-state index contributed by atoms with van der Waals surface area (Å²) in [4.78, 5) is 5.57. The molecule has 2 aliphatic rings. The van der Waals surface area contributed by atoms with E-state index >= 15 is 0 Å². The normalized spacial score (nSPS) is 19.4. The van der Waals surface area contributed by atoms with E-state index in [1.54, 1.807) is 17.7 Å². The van der Waals surface area contributed by atoms with Gasteiger partial charge >= 0.3 is 0 Å². The molecule has 30 heavy (non-hydrogen) atoms. The van der Waals surface area contributed by atoms with E-state index in [1.807, 2.05) is 53.2 Å². The Hall–Kier alpha value is -2.80. The molecule has 4 aromatic rings. The van der Waals surface area contributed by atoms with Crippen LogP contribution >= 0.6 is 34.5 Å². The van der Waals surface area contributed by atoms with E-state index in [9.17, 15) is 0 Å². The lowest BCUT2D eigenvalue weighted by molar-refractivity contribution is 0.223. The van der Waals surface area contributed by atoms with Gasteiger partial charge in [0.25, 0.3) is 0 Å². The maximum atomic E-state index is 6.62. The zero-order valence-corrected chi connectivity index (χ0v) is 17.7. The van der Waals surface area contributed by atoms with Gasteiger partial charge in [-0.25, -0.2) is 4.68 Å². The third-order valence-electron chi connectivity index (χ3n) is 5.38. The van der Waals surface area contributed by atoms with E-state index in [2.05, 4.69) is 26.8 Å². The number of nitrogens with zero attached hydrogens (tertiary/aromatic N) is 3. The Morgan fingerprint density at radius 3 is 2.80 bits per heavy atom. The Morgan fingerprint density at radius 1 is 1.07 bits per heavy atom. The molecule has 0 unspecified atom stereocenters. The molecule has 5 nitrogen and oxygen atoms in total. The fraction of sp³-hybridized carbons (Fsp3) is 0.0909. The van der Waals surface area contributed by atoms with E-state index in [4.69, 9.17) is 27.9 Å². The smallest absolute Gasteiger partial charge is 0.226 e. The lowest BCUT2D eigenvalue weighted by Gasteiger charge is -2.38. The minimum atomic E-state index is -0.390. The summed E-state index contributed by atoms with van der Waals surface area (Å²) in [5, 5.41) is 11.3. The molecule has 2 aliphatic heterocycles. The molecular formula is C22H14Cl2N4OS. The van der Waals surface area contributed by atoms with Crippen molar-refractivity contribution in [1.29, 1.82) is 0 Å². The van der Waals surface area contributed by atoms with Crippen LogP contribution in [-0.4, -0.2) is 14.8 Å². The average Bonchev–Trinajstić information content (AvgIpc) is 3.44. The van der Waals surface area contributed by atoms with Crippen molar-refractivity contribution in [1.82, 2.24) is 14.8 Å². The van der Waals surface area contributed by atoms with Crippen molar-refractivity contribution < 1.29 is 4.74 Å². The number of ether oxygens (including phenoxy) is 1. The van der Waals surface area contributed by atoms with Crippen molar-refractivity contribution in [3.63, 3.8) is 0 Å². The van der Waals surface area contributed by atoms with E-state index in [0.717, 1.165) is 33.0 Å². The van der Waals surface area contributed by atoms with Crippen LogP contribution in [0.5, 0.6) is 5.75 Å². The molecule has 0 radical (unpaired) electrons. The van der Waals surface area contributed by atoms with Gasteiger partial charge in [-0.05, 0) is 35.7 Å². The summed E-state index contributed by atoms with van der Waals surface area (Å²) in [6.07, 6.45) is 1.17. The van der Waals surface area contributed by atoms with Crippen LogP contribution in [0, 0.1) is 0 Å². The van der Waals surface area contributed by atoms with Crippen molar-refractivity contribution in [3.05, 3.63) is 97.9 Å². The Kier molecular flexibility index (Phi) is 4.13. The zero-order valence-electron chi connectivity index (χ0n) is 15.4. The van der Waals surface area contributed by atoms with Crippen molar-refractivity contribution in [2.45, 2.75) is 12.1 Å². The highest BCUT2D eigenvalue weighted by molar-refractivity contribution is 7.10. The van der Waals surface area contributed by atoms with E-state index in [-0.39, 0.29) is 12.1 Å². The predicted molar refractivity (Wildman–Crippen MR) is 119 cm³/mol. The van der Waals surface area contributed by atoms with Gasteiger partial charge in [-0.15, -0.1) is 11.3 Å². The van der Waals surface area contributed by atoms with E-state index < -0.39 is 0 Å². The number of nitrogens with one attached hydrogen (secondary N) is 1. The monoisotopic (exact) mass is 452 g/mol. The number of benzene rings is 2. The predicted octanol–water partition coefficient (Wildman–Crippen LogP) is 6.21. The second kappa shape index (κ2) is 6.87. The summed E-state index contributed by atoms with van der Waals surface area (Å²) in [5.41, 5.74) is 3.76. The summed E-state index contributed by atoms with van der Waals surface area (Å²) in [6.45, 7) is 0. The molecule has 0 saturated heterocycles. The van der Waals surface area contributed by atoms with Gasteiger partial charge in [-0.2, -0.15) is 10.1 Å². The van der Waals surface area contributed by atoms with Gasteiger partial charge in [-0.3, -0.25) is 0 Å². The van der Waals surface area contributed by atoms with Gasteiger partial charge in [0.1, 0.15) is 18.1 Å². The second-order valence-corrected chi connectivity index (χ2v) is 8.88. The molecule has 0 spiro atoms. The summed E-state index contributed by atoms with van der Waals surface area (Å²) < 4.78 is 8.44. The molecule has 4 heterocycles. The number of fused-ring (bicyclic) bond motifs is 3. The highest BCUT2D eigenvalue weighted by Crippen LogP contribution is 2.52. The first-order valence-electron chi connectivity index (χ1n) is 9.35. The second-order valence-electron chi connectivity index (χ2n) is 7.06. The maximum Gasteiger partial charge on any atom is 0.226 e. The van der Waals surface area contributed by atoms with Crippen LogP contribution in [0.15, 0.2) is 71.9 Å². The molecule has 2 atom stereocenters. The van der Waals surface area contributed by atoms with Gasteiger partial charge in [0, 0.05) is 31.6 Å². The molecule has 2 aromatic heterocycles. The van der Waals surface area contributed by atoms with Gasteiger partial charge in [0.15, 0.2) is 6.10 Å². The van der Waals surface area contributed by atoms with Crippen LogP contribution in [-0.2, 0) is 0 Å². The molecule has 2 aromatic carbocycles. The first-order valence-corrected chi connectivity index (χ1v) is 11.0. The van der Waals surface area contributed by atoms with Crippen molar-refractivity contribution in [2.75, 3.05) is 5.32 Å². The Balaban J connectivity index is 1.66. The first-order chi connectivity index (χ1) is 14.7. The van der Waals surface area contributed by atoms with Crippen LogP contribution in [0.1, 0.15) is 28.1 Å². The fourth-order valence-corrected chi connectivity index (χ4v) is 5.34. The molecule has 6 rings (SSSR count).